The van der Waals surface area contributed by atoms with Gasteiger partial charge in [-0.3, -0.25) is 0 Å². The highest BCUT2D eigenvalue weighted by atomic mass is 35.5. The van der Waals surface area contributed by atoms with Crippen LogP contribution in [0, 0.1) is 0 Å². The van der Waals surface area contributed by atoms with Crippen molar-refractivity contribution in [2.24, 2.45) is 0 Å². The molecular formula is C16H17Cl2NO2S2. The van der Waals surface area contributed by atoms with Gasteiger partial charge < -0.3 is 0 Å². The molecule has 0 aliphatic carbocycles. The van der Waals surface area contributed by atoms with Gasteiger partial charge in [-0.15, -0.1) is 0 Å². The molecule has 0 aliphatic heterocycles. The Morgan fingerprint density at radius 1 is 0.957 bits per heavy atom. The molecule has 0 amide bonds. The van der Waals surface area contributed by atoms with E-state index in [1.54, 1.807) is 30.0 Å². The van der Waals surface area contributed by atoms with E-state index < -0.39 is 10.0 Å². The summed E-state index contributed by atoms with van der Waals surface area (Å²) >= 11 is 13.7. The molecule has 0 heterocycles. The van der Waals surface area contributed by atoms with Crippen LogP contribution in [0.15, 0.2) is 48.5 Å². The zero-order valence-corrected chi connectivity index (χ0v) is 15.5. The largest absolute Gasteiger partial charge is 0.215 e. The summed E-state index contributed by atoms with van der Waals surface area (Å²) in [4.78, 5) is 0. The van der Waals surface area contributed by atoms with Crippen molar-refractivity contribution in [2.45, 2.75) is 11.5 Å². The molecule has 2 rings (SSSR count). The molecule has 2 aromatic rings. The van der Waals surface area contributed by atoms with Crippen molar-refractivity contribution in [3.63, 3.8) is 0 Å². The molecular weight excluding hydrogens is 373 g/mol. The number of halogens is 2. The second-order valence-electron chi connectivity index (χ2n) is 4.89. The highest BCUT2D eigenvalue weighted by Gasteiger charge is 2.15. The van der Waals surface area contributed by atoms with Gasteiger partial charge in [0.15, 0.2) is 0 Å². The Morgan fingerprint density at radius 3 is 2.26 bits per heavy atom. The Bertz CT molecular complexity index is 717. The van der Waals surface area contributed by atoms with Crippen molar-refractivity contribution in [2.75, 3.05) is 12.3 Å². The van der Waals surface area contributed by atoms with E-state index in [0.29, 0.717) is 27.9 Å². The maximum atomic E-state index is 12.1. The molecule has 0 saturated carbocycles. The predicted octanol–water partition coefficient (Wildman–Crippen LogP) is 4.35. The molecule has 0 fully saturated rings. The third-order valence-electron chi connectivity index (χ3n) is 3.08. The fourth-order valence-corrected chi connectivity index (χ4v) is 4.79. The minimum atomic E-state index is -3.46. The molecule has 0 aromatic heterocycles. The van der Waals surface area contributed by atoms with E-state index in [-0.39, 0.29) is 5.75 Å². The molecule has 0 saturated heterocycles. The number of sulfonamides is 1. The molecule has 2 aromatic carbocycles. The Morgan fingerprint density at radius 2 is 1.61 bits per heavy atom. The van der Waals surface area contributed by atoms with E-state index in [2.05, 4.69) is 16.9 Å². The van der Waals surface area contributed by atoms with Crippen LogP contribution >= 0.6 is 35.0 Å². The number of hydrogen-bond acceptors (Lipinski definition) is 3. The number of nitrogens with one attached hydrogen (secondary N) is 1. The number of benzene rings is 2. The minimum absolute atomic E-state index is 0.213. The molecule has 124 valence electrons. The maximum absolute atomic E-state index is 12.1. The summed E-state index contributed by atoms with van der Waals surface area (Å²) in [6, 6.07) is 15.0. The monoisotopic (exact) mass is 389 g/mol. The molecule has 0 aliphatic rings. The normalized spacial score (nSPS) is 11.6. The summed E-state index contributed by atoms with van der Waals surface area (Å²) in [5.41, 5.74) is 1.66. The van der Waals surface area contributed by atoms with Gasteiger partial charge in [-0.25, -0.2) is 13.1 Å². The van der Waals surface area contributed by atoms with Crippen molar-refractivity contribution in [1.29, 1.82) is 0 Å². The van der Waals surface area contributed by atoms with Gasteiger partial charge in [-0.1, -0.05) is 59.6 Å². The fraction of sp³-hybridized carbons (Fsp3) is 0.250. The zero-order valence-electron chi connectivity index (χ0n) is 12.3. The third-order valence-corrected chi connectivity index (χ3v) is 6.13. The number of hydrogen-bond donors (Lipinski definition) is 1. The Labute approximate surface area is 151 Å². The molecule has 23 heavy (non-hydrogen) atoms. The van der Waals surface area contributed by atoms with E-state index in [1.807, 2.05) is 18.2 Å². The SMILES string of the molecule is O=S(=O)(Cc1c(Cl)cccc1Cl)NCCSCc1ccccc1. The molecule has 0 spiro atoms. The van der Waals surface area contributed by atoms with Gasteiger partial charge in [0.1, 0.15) is 0 Å². The molecule has 1 N–H and O–H groups in total. The maximum Gasteiger partial charge on any atom is 0.215 e. The molecule has 0 unspecified atom stereocenters. The van der Waals surface area contributed by atoms with Gasteiger partial charge in [-0.2, -0.15) is 11.8 Å². The summed E-state index contributed by atoms with van der Waals surface area (Å²) in [6.07, 6.45) is 0. The molecule has 0 atom stereocenters. The topological polar surface area (TPSA) is 46.2 Å². The van der Waals surface area contributed by atoms with E-state index in [4.69, 9.17) is 23.2 Å². The zero-order chi connectivity index (χ0) is 16.7. The highest BCUT2D eigenvalue weighted by Crippen LogP contribution is 2.25. The third kappa shape index (κ3) is 6.36. The van der Waals surface area contributed by atoms with Gasteiger partial charge in [-0.05, 0) is 17.7 Å². The average molecular weight is 390 g/mol. The predicted molar refractivity (Wildman–Crippen MR) is 99.7 cm³/mol. The van der Waals surface area contributed by atoms with Gasteiger partial charge in [0.2, 0.25) is 10.0 Å². The second kappa shape index (κ2) is 8.94. The quantitative estimate of drug-likeness (QED) is 0.682. The lowest BCUT2D eigenvalue weighted by molar-refractivity contribution is 0.583. The summed E-state index contributed by atoms with van der Waals surface area (Å²) in [5, 5.41) is 0.725. The smallest absolute Gasteiger partial charge is 0.214 e. The summed E-state index contributed by atoms with van der Waals surface area (Å²) in [7, 11) is -3.46. The molecule has 0 bridgehead atoms. The van der Waals surface area contributed by atoms with Crippen molar-refractivity contribution in [1.82, 2.24) is 4.72 Å². The lowest BCUT2D eigenvalue weighted by Crippen LogP contribution is -2.27. The summed E-state index contributed by atoms with van der Waals surface area (Å²) < 4.78 is 26.8. The standard InChI is InChI=1S/C16H17Cl2NO2S2/c17-15-7-4-8-16(18)14(15)12-23(20,21)19-9-10-22-11-13-5-2-1-3-6-13/h1-8,19H,9-12H2. The van der Waals surface area contributed by atoms with Crippen LogP contribution in [0.1, 0.15) is 11.1 Å². The van der Waals surface area contributed by atoms with E-state index in [0.717, 1.165) is 5.75 Å². The molecule has 3 nitrogen and oxygen atoms in total. The van der Waals surface area contributed by atoms with Crippen LogP contribution in [0.2, 0.25) is 10.0 Å². The lowest BCUT2D eigenvalue weighted by atomic mass is 10.2. The number of thioether (sulfide) groups is 1. The fourth-order valence-electron chi connectivity index (χ4n) is 1.94. The van der Waals surface area contributed by atoms with Gasteiger partial charge >= 0.3 is 0 Å². The van der Waals surface area contributed by atoms with Crippen molar-refractivity contribution < 1.29 is 8.42 Å². The van der Waals surface area contributed by atoms with Crippen LogP contribution in [-0.4, -0.2) is 20.7 Å². The Kier molecular flexibility index (Phi) is 7.24. The van der Waals surface area contributed by atoms with Crippen LogP contribution < -0.4 is 4.72 Å². The first kappa shape index (κ1) is 18.6. The Balaban J connectivity index is 1.78. The van der Waals surface area contributed by atoms with E-state index >= 15 is 0 Å². The first-order valence-corrected chi connectivity index (χ1v) is 10.6. The summed E-state index contributed by atoms with van der Waals surface area (Å²) in [5.74, 6) is 1.35. The van der Waals surface area contributed by atoms with Crippen molar-refractivity contribution in [3.05, 3.63) is 69.7 Å². The molecule has 7 heteroatoms. The minimum Gasteiger partial charge on any atom is -0.214 e. The van der Waals surface area contributed by atoms with Gasteiger partial charge in [0, 0.05) is 33.7 Å². The van der Waals surface area contributed by atoms with Crippen LogP contribution in [-0.2, 0) is 21.5 Å². The average Bonchev–Trinajstić information content (AvgIpc) is 2.52. The summed E-state index contributed by atoms with van der Waals surface area (Å²) in [6.45, 7) is 0.377. The van der Waals surface area contributed by atoms with E-state index in [1.165, 1.54) is 5.56 Å². The van der Waals surface area contributed by atoms with Crippen LogP contribution in [0.25, 0.3) is 0 Å². The van der Waals surface area contributed by atoms with Gasteiger partial charge in [0.25, 0.3) is 0 Å². The molecule has 0 radical (unpaired) electrons. The first-order valence-electron chi connectivity index (χ1n) is 7.00. The van der Waals surface area contributed by atoms with Crippen LogP contribution in [0.5, 0.6) is 0 Å². The van der Waals surface area contributed by atoms with E-state index in [9.17, 15) is 8.42 Å². The van der Waals surface area contributed by atoms with Gasteiger partial charge in [0.05, 0.1) is 5.75 Å². The lowest BCUT2D eigenvalue weighted by Gasteiger charge is -2.09. The van der Waals surface area contributed by atoms with Crippen molar-refractivity contribution in [3.8, 4) is 0 Å². The second-order valence-corrected chi connectivity index (χ2v) is 8.62. The first-order chi connectivity index (χ1) is 11.0. The number of rotatable bonds is 8. The van der Waals surface area contributed by atoms with Crippen LogP contribution in [0.4, 0.5) is 0 Å². The Hall–Kier alpha value is -0.720. The van der Waals surface area contributed by atoms with Crippen molar-refractivity contribution >= 4 is 45.0 Å². The van der Waals surface area contributed by atoms with Crippen LogP contribution in [0.3, 0.4) is 0 Å². The highest BCUT2D eigenvalue weighted by molar-refractivity contribution is 7.98.